The van der Waals surface area contributed by atoms with Crippen LogP contribution in [-0.4, -0.2) is 65.1 Å². The van der Waals surface area contributed by atoms with Crippen molar-refractivity contribution in [1.82, 2.24) is 14.4 Å². The van der Waals surface area contributed by atoms with Crippen molar-refractivity contribution < 1.29 is 14.0 Å². The number of carbonyl (C=O) groups is 2. The molecule has 1 amide bonds. The molecule has 0 spiro atoms. The van der Waals surface area contributed by atoms with Crippen molar-refractivity contribution in [2.45, 2.75) is 33.2 Å². The Kier molecular flexibility index (Phi) is 5.30. The highest BCUT2D eigenvalue weighted by Gasteiger charge is 2.38. The first-order valence-corrected chi connectivity index (χ1v) is 10.4. The van der Waals surface area contributed by atoms with Crippen molar-refractivity contribution >= 4 is 28.3 Å². The Labute approximate surface area is 170 Å². The Morgan fingerprint density at radius 2 is 2.00 bits per heavy atom. The van der Waals surface area contributed by atoms with Gasteiger partial charge in [-0.25, -0.2) is 4.39 Å². The number of benzene rings is 1. The average molecular weight is 397 g/mol. The Hall–Kier alpha value is -2.47. The lowest BCUT2D eigenvalue weighted by Crippen LogP contribution is -2.49. The number of rotatable bonds is 5. The largest absolute Gasteiger partial charge is 0.343 e. The van der Waals surface area contributed by atoms with Crippen LogP contribution in [-0.2, 0) is 11.2 Å². The second-order valence-electron chi connectivity index (χ2n) is 7.89. The van der Waals surface area contributed by atoms with Gasteiger partial charge in [0, 0.05) is 50.7 Å². The van der Waals surface area contributed by atoms with Gasteiger partial charge in [-0.05, 0) is 43.0 Å². The van der Waals surface area contributed by atoms with E-state index in [2.05, 4.69) is 17.0 Å². The van der Waals surface area contributed by atoms with Crippen LogP contribution >= 0.6 is 0 Å². The summed E-state index contributed by atoms with van der Waals surface area (Å²) in [7, 11) is 0. The van der Waals surface area contributed by atoms with Crippen LogP contribution in [0.15, 0.2) is 30.5 Å². The molecule has 4 rings (SSSR count). The third-order valence-electron chi connectivity index (χ3n) is 6.35. The molecular formula is C23H28FN3O2. The molecule has 0 N–H and O–H groups in total. The molecule has 154 valence electrons. The molecule has 0 radical (unpaired) electrons. The molecule has 6 heteroatoms. The maximum absolute atomic E-state index is 13.4. The van der Waals surface area contributed by atoms with Gasteiger partial charge in [-0.3, -0.25) is 19.1 Å². The third kappa shape index (κ3) is 3.19. The van der Waals surface area contributed by atoms with E-state index in [4.69, 9.17) is 0 Å². The van der Waals surface area contributed by atoms with Crippen LogP contribution in [0.2, 0.25) is 0 Å². The smallest absolute Gasteiger partial charge is 0.230 e. The number of halogens is 1. The third-order valence-corrected chi connectivity index (χ3v) is 6.35. The van der Waals surface area contributed by atoms with Gasteiger partial charge in [0.15, 0.2) is 0 Å². The summed E-state index contributed by atoms with van der Waals surface area (Å²) in [5.41, 5.74) is 4.17. The van der Waals surface area contributed by atoms with Gasteiger partial charge < -0.3 is 4.90 Å². The van der Waals surface area contributed by atoms with E-state index in [9.17, 15) is 14.0 Å². The number of nitrogens with zero attached hydrogens (tertiary/aromatic N) is 3. The van der Waals surface area contributed by atoms with Crippen molar-refractivity contribution in [2.75, 3.05) is 32.9 Å². The lowest BCUT2D eigenvalue weighted by molar-refractivity contribution is -0.134. The van der Waals surface area contributed by atoms with Crippen LogP contribution in [0.1, 0.15) is 36.7 Å². The lowest BCUT2D eigenvalue weighted by atomic mass is 9.79. The number of hydrogen-bond donors (Lipinski definition) is 0. The maximum atomic E-state index is 13.4. The highest BCUT2D eigenvalue weighted by Crippen LogP contribution is 2.42. The molecule has 2 aliphatic rings. The van der Waals surface area contributed by atoms with E-state index in [0.29, 0.717) is 26.2 Å². The first-order chi connectivity index (χ1) is 14.0. The van der Waals surface area contributed by atoms with Crippen LogP contribution in [0.3, 0.4) is 0 Å². The molecule has 1 aromatic heterocycles. The zero-order chi connectivity index (χ0) is 20.7. The van der Waals surface area contributed by atoms with E-state index < -0.39 is 6.67 Å². The molecule has 0 saturated heterocycles. The maximum Gasteiger partial charge on any atom is 0.230 e. The number of alkyl halides is 1. The monoisotopic (exact) mass is 397 g/mol. The molecule has 1 aliphatic carbocycles. The van der Waals surface area contributed by atoms with E-state index in [1.807, 2.05) is 37.1 Å². The summed E-state index contributed by atoms with van der Waals surface area (Å²) in [6, 6.07) is 6.02. The predicted molar refractivity (Wildman–Crippen MR) is 113 cm³/mol. The van der Waals surface area contributed by atoms with E-state index >= 15 is 0 Å². The van der Waals surface area contributed by atoms with Gasteiger partial charge in [0.05, 0.1) is 11.4 Å². The molecular weight excluding hydrogens is 369 g/mol. The molecule has 1 aliphatic heterocycles. The van der Waals surface area contributed by atoms with Gasteiger partial charge in [-0.15, -0.1) is 0 Å². The van der Waals surface area contributed by atoms with Crippen LogP contribution < -0.4 is 0 Å². The Morgan fingerprint density at radius 1 is 1.24 bits per heavy atom. The number of hydrogen-bond acceptors (Lipinski definition) is 3. The van der Waals surface area contributed by atoms with E-state index in [1.54, 1.807) is 11.5 Å². The van der Waals surface area contributed by atoms with Crippen molar-refractivity contribution in [3.05, 3.63) is 41.6 Å². The molecule has 2 unspecified atom stereocenters. The van der Waals surface area contributed by atoms with Gasteiger partial charge in [0.25, 0.3) is 0 Å². The quantitative estimate of drug-likeness (QED) is 0.777. The van der Waals surface area contributed by atoms with Gasteiger partial charge >= 0.3 is 0 Å². The highest BCUT2D eigenvalue weighted by atomic mass is 19.1. The summed E-state index contributed by atoms with van der Waals surface area (Å²) in [5, 5.41) is 1.08. The van der Waals surface area contributed by atoms with Gasteiger partial charge in [-0.1, -0.05) is 18.2 Å². The van der Waals surface area contributed by atoms with Crippen molar-refractivity contribution in [3.8, 4) is 0 Å². The van der Waals surface area contributed by atoms with Crippen LogP contribution in [0, 0.1) is 5.92 Å². The Bertz CT molecular complexity index is 989. The van der Waals surface area contributed by atoms with Crippen LogP contribution in [0.4, 0.5) is 4.39 Å². The second kappa shape index (κ2) is 7.75. The molecule has 0 saturated carbocycles. The summed E-state index contributed by atoms with van der Waals surface area (Å²) in [5.74, 6) is -0.198. The topological polar surface area (TPSA) is 45.6 Å². The molecule has 2 atom stereocenters. The van der Waals surface area contributed by atoms with Crippen LogP contribution in [0.25, 0.3) is 16.5 Å². The lowest BCUT2D eigenvalue weighted by Gasteiger charge is -2.42. The first kappa shape index (κ1) is 19.8. The minimum absolute atomic E-state index is 0.0209. The molecule has 2 heterocycles. The fourth-order valence-electron chi connectivity index (χ4n) is 4.97. The number of carbonyl (C=O) groups excluding carboxylic acids is 2. The Balaban J connectivity index is 1.85. The molecule has 29 heavy (non-hydrogen) atoms. The van der Waals surface area contributed by atoms with E-state index in [-0.39, 0.29) is 23.8 Å². The van der Waals surface area contributed by atoms with Crippen molar-refractivity contribution in [3.63, 3.8) is 0 Å². The zero-order valence-electron chi connectivity index (χ0n) is 17.3. The molecule has 0 fully saturated rings. The molecule has 5 nitrogen and oxygen atoms in total. The fraction of sp³-hybridized carbons (Fsp3) is 0.478. The SMILES string of the molecule is CCN(CC)C(=O)C1C=C2c3cccc4c3c(cn4C(C)=O)CC2N(CCF)C1. The number of aromatic nitrogens is 1. The standard InChI is InChI=1S/C23H28FN3O2/c1-4-25(5-2)23(29)17-11-19-18-7-6-8-20-22(18)16(14-27(20)15(3)28)12-21(19)26(13-17)10-9-24/h6-8,11,14,17,21H,4-5,9-10,12-13H2,1-3H3. The zero-order valence-corrected chi connectivity index (χ0v) is 17.3. The summed E-state index contributed by atoms with van der Waals surface area (Å²) >= 11 is 0. The first-order valence-electron chi connectivity index (χ1n) is 10.4. The van der Waals surface area contributed by atoms with Crippen LogP contribution in [0.5, 0.6) is 0 Å². The Morgan fingerprint density at radius 3 is 2.66 bits per heavy atom. The minimum atomic E-state index is -0.443. The second-order valence-corrected chi connectivity index (χ2v) is 7.89. The van der Waals surface area contributed by atoms with Gasteiger partial charge in [-0.2, -0.15) is 0 Å². The summed E-state index contributed by atoms with van der Waals surface area (Å²) in [6.45, 7) is 7.27. The van der Waals surface area contributed by atoms with Crippen molar-refractivity contribution in [2.24, 2.45) is 5.92 Å². The molecule has 2 aromatic rings. The van der Waals surface area contributed by atoms with Crippen molar-refractivity contribution in [1.29, 1.82) is 0 Å². The van der Waals surface area contributed by atoms with Gasteiger partial charge in [0.2, 0.25) is 11.8 Å². The summed E-state index contributed by atoms with van der Waals surface area (Å²) in [6.07, 6.45) is 4.75. The molecule has 1 aromatic carbocycles. The number of amides is 1. The fourth-order valence-corrected chi connectivity index (χ4v) is 4.97. The molecule has 0 bridgehead atoms. The minimum Gasteiger partial charge on any atom is -0.343 e. The summed E-state index contributed by atoms with van der Waals surface area (Å²) in [4.78, 5) is 29.1. The normalized spacial score (nSPS) is 21.0. The van der Waals surface area contributed by atoms with E-state index in [1.165, 1.54) is 0 Å². The number of fused-ring (bicyclic) bond motifs is 2. The van der Waals surface area contributed by atoms with Gasteiger partial charge in [0.1, 0.15) is 6.67 Å². The average Bonchev–Trinajstić information content (AvgIpc) is 3.10. The van der Waals surface area contributed by atoms with E-state index in [0.717, 1.165) is 34.0 Å². The highest BCUT2D eigenvalue weighted by molar-refractivity contribution is 6.03. The predicted octanol–water partition coefficient (Wildman–Crippen LogP) is 3.38. The summed E-state index contributed by atoms with van der Waals surface area (Å²) < 4.78 is 15.1.